The molecular weight excluding hydrogens is 582 g/mol. The molecule has 2 heterocycles. The molecule has 1 amide bonds. The average Bonchev–Trinajstić information content (AvgIpc) is 3.56. The SMILES string of the molecule is COc1cccc2c1c(NS(=O)(=O)c1ccc(Cl)s1)nn2Cc1cccc(CNC(=O)C(N)Cc2ccccc2)c1. The molecule has 0 radical (unpaired) electrons. The van der Waals surface area contributed by atoms with Gasteiger partial charge in [-0.3, -0.25) is 14.2 Å². The number of ether oxygens (including phenoxy) is 1. The number of aromatic nitrogens is 2. The molecular formula is C29H28ClN5O4S2. The van der Waals surface area contributed by atoms with Crippen LogP contribution in [-0.2, 0) is 34.3 Å². The number of hydrogen-bond donors (Lipinski definition) is 3. The van der Waals surface area contributed by atoms with E-state index in [1.54, 1.807) is 10.7 Å². The summed E-state index contributed by atoms with van der Waals surface area (Å²) < 4.78 is 36.4. The molecule has 212 valence electrons. The second-order valence-electron chi connectivity index (χ2n) is 9.36. The van der Waals surface area contributed by atoms with Gasteiger partial charge < -0.3 is 15.8 Å². The van der Waals surface area contributed by atoms with Crippen LogP contribution in [0.5, 0.6) is 5.75 Å². The van der Waals surface area contributed by atoms with Gasteiger partial charge in [-0.05, 0) is 47.4 Å². The monoisotopic (exact) mass is 609 g/mol. The zero-order valence-corrected chi connectivity index (χ0v) is 24.5. The molecule has 0 saturated heterocycles. The molecule has 0 bridgehead atoms. The Bertz CT molecular complexity index is 1790. The van der Waals surface area contributed by atoms with Crippen molar-refractivity contribution in [3.63, 3.8) is 0 Å². The molecule has 5 rings (SSSR count). The van der Waals surface area contributed by atoms with Gasteiger partial charge in [0.2, 0.25) is 5.91 Å². The lowest BCUT2D eigenvalue weighted by Crippen LogP contribution is -2.41. The van der Waals surface area contributed by atoms with Crippen LogP contribution < -0.4 is 20.5 Å². The van der Waals surface area contributed by atoms with Gasteiger partial charge >= 0.3 is 0 Å². The first-order valence-electron chi connectivity index (χ1n) is 12.7. The largest absolute Gasteiger partial charge is 0.496 e. The van der Waals surface area contributed by atoms with Crippen LogP contribution in [0.15, 0.2) is 89.1 Å². The highest BCUT2D eigenvalue weighted by atomic mass is 35.5. The summed E-state index contributed by atoms with van der Waals surface area (Å²) in [4.78, 5) is 12.6. The van der Waals surface area contributed by atoms with E-state index in [0.717, 1.165) is 28.0 Å². The highest BCUT2D eigenvalue weighted by Crippen LogP contribution is 2.35. The Balaban J connectivity index is 1.34. The summed E-state index contributed by atoms with van der Waals surface area (Å²) in [6.07, 6.45) is 0.453. The molecule has 0 aliphatic heterocycles. The minimum Gasteiger partial charge on any atom is -0.496 e. The first kappa shape index (κ1) is 28.6. The molecule has 12 heteroatoms. The smallest absolute Gasteiger partial charge is 0.272 e. The third kappa shape index (κ3) is 6.71. The maximum atomic E-state index is 13.1. The summed E-state index contributed by atoms with van der Waals surface area (Å²) in [7, 11) is -2.39. The average molecular weight is 610 g/mol. The van der Waals surface area contributed by atoms with Crippen LogP contribution in [0.4, 0.5) is 5.82 Å². The van der Waals surface area contributed by atoms with E-state index in [4.69, 9.17) is 22.1 Å². The Kier molecular flexibility index (Phi) is 8.60. The molecule has 4 N–H and O–H groups in total. The van der Waals surface area contributed by atoms with Crippen molar-refractivity contribution in [1.82, 2.24) is 15.1 Å². The maximum Gasteiger partial charge on any atom is 0.272 e. The normalized spacial score (nSPS) is 12.3. The van der Waals surface area contributed by atoms with E-state index in [1.165, 1.54) is 19.2 Å². The number of carbonyl (C=O) groups excluding carboxylic acids is 1. The number of nitrogens with two attached hydrogens (primary N) is 1. The number of rotatable bonds is 11. The highest BCUT2D eigenvalue weighted by molar-refractivity contribution is 7.94. The number of amides is 1. The summed E-state index contributed by atoms with van der Waals surface area (Å²) in [5.74, 6) is 0.408. The van der Waals surface area contributed by atoms with Crippen LogP contribution in [0.3, 0.4) is 0 Å². The second-order valence-corrected chi connectivity index (χ2v) is 13.0. The number of benzene rings is 3. The summed E-state index contributed by atoms with van der Waals surface area (Å²) in [6, 6.07) is 25.1. The van der Waals surface area contributed by atoms with Crippen LogP contribution in [0, 0.1) is 0 Å². The summed E-state index contributed by atoms with van der Waals surface area (Å²) in [5.41, 5.74) is 9.62. The standard InChI is InChI=1S/C29H28ClN5O4S2/c1-39-24-12-6-11-23-27(24)28(34-41(37,38)26-14-13-25(30)40-26)33-35(23)18-21-10-5-9-20(15-21)17-32-29(36)22(31)16-19-7-3-2-4-8-19/h2-15,22H,16-18,31H2,1H3,(H,32,36)(H,33,34). The minimum absolute atomic E-state index is 0.0818. The Morgan fingerprint density at radius 1 is 1.02 bits per heavy atom. The van der Waals surface area contributed by atoms with Crippen molar-refractivity contribution in [2.45, 2.75) is 29.8 Å². The van der Waals surface area contributed by atoms with Gasteiger partial charge in [-0.25, -0.2) is 8.42 Å². The molecule has 41 heavy (non-hydrogen) atoms. The predicted molar refractivity (Wildman–Crippen MR) is 162 cm³/mol. The van der Waals surface area contributed by atoms with Gasteiger partial charge in [0.05, 0.1) is 34.9 Å². The molecule has 1 unspecified atom stereocenters. The lowest BCUT2D eigenvalue weighted by atomic mass is 10.1. The third-order valence-electron chi connectivity index (χ3n) is 6.43. The van der Waals surface area contributed by atoms with Crippen molar-refractivity contribution in [3.8, 4) is 5.75 Å². The number of carbonyl (C=O) groups is 1. The molecule has 0 fully saturated rings. The van der Waals surface area contributed by atoms with Crippen molar-refractivity contribution in [3.05, 3.63) is 106 Å². The molecule has 0 saturated carbocycles. The Morgan fingerprint density at radius 3 is 2.49 bits per heavy atom. The summed E-state index contributed by atoms with van der Waals surface area (Å²) in [6.45, 7) is 0.669. The van der Waals surface area contributed by atoms with Gasteiger partial charge in [0, 0.05) is 6.54 Å². The Labute approximate surface area is 247 Å². The van der Waals surface area contributed by atoms with E-state index in [9.17, 15) is 13.2 Å². The van der Waals surface area contributed by atoms with Gasteiger partial charge in [-0.15, -0.1) is 11.3 Å². The molecule has 9 nitrogen and oxygen atoms in total. The van der Waals surface area contributed by atoms with E-state index in [2.05, 4.69) is 15.1 Å². The Hall–Kier alpha value is -3.90. The molecule has 0 aliphatic carbocycles. The molecule has 5 aromatic rings. The number of anilines is 1. The van der Waals surface area contributed by atoms with Crippen LogP contribution in [-0.4, -0.2) is 37.3 Å². The fourth-order valence-electron chi connectivity index (χ4n) is 4.47. The van der Waals surface area contributed by atoms with Gasteiger partial charge in [0.1, 0.15) is 9.96 Å². The van der Waals surface area contributed by atoms with Gasteiger partial charge in [-0.1, -0.05) is 72.3 Å². The predicted octanol–water partition coefficient (Wildman–Crippen LogP) is 4.80. The second kappa shape index (κ2) is 12.3. The van der Waals surface area contributed by atoms with Gasteiger partial charge in [0.25, 0.3) is 10.0 Å². The quantitative estimate of drug-likeness (QED) is 0.197. The summed E-state index contributed by atoms with van der Waals surface area (Å²) in [5, 5.41) is 8.06. The highest BCUT2D eigenvalue weighted by Gasteiger charge is 2.23. The van der Waals surface area contributed by atoms with E-state index >= 15 is 0 Å². The van der Waals surface area contributed by atoms with Crippen molar-refractivity contribution < 1.29 is 17.9 Å². The summed E-state index contributed by atoms with van der Waals surface area (Å²) >= 11 is 6.92. The van der Waals surface area contributed by atoms with Crippen LogP contribution in [0.2, 0.25) is 4.34 Å². The minimum atomic E-state index is -3.92. The number of sulfonamides is 1. The molecule has 0 aliphatic rings. The van der Waals surface area contributed by atoms with Crippen LogP contribution in [0.25, 0.3) is 10.9 Å². The van der Waals surface area contributed by atoms with Crippen molar-refractivity contribution in [1.29, 1.82) is 0 Å². The van der Waals surface area contributed by atoms with E-state index in [1.807, 2.05) is 66.7 Å². The van der Waals surface area contributed by atoms with Crippen molar-refractivity contribution in [2.24, 2.45) is 5.73 Å². The number of fused-ring (bicyclic) bond motifs is 1. The number of methoxy groups -OCH3 is 1. The zero-order chi connectivity index (χ0) is 29.0. The first-order valence-corrected chi connectivity index (χ1v) is 15.4. The van der Waals surface area contributed by atoms with Crippen LogP contribution in [0.1, 0.15) is 16.7 Å². The fraction of sp³-hybridized carbons (Fsp3) is 0.172. The molecule has 1 atom stereocenters. The fourth-order valence-corrected chi connectivity index (χ4v) is 6.96. The maximum absolute atomic E-state index is 13.1. The van der Waals surface area contributed by atoms with Gasteiger partial charge in [-0.2, -0.15) is 5.10 Å². The Morgan fingerprint density at radius 2 is 1.76 bits per heavy atom. The lowest BCUT2D eigenvalue weighted by molar-refractivity contribution is -0.122. The molecule has 3 aromatic carbocycles. The van der Waals surface area contributed by atoms with E-state index < -0.39 is 16.1 Å². The van der Waals surface area contributed by atoms with E-state index in [0.29, 0.717) is 40.5 Å². The number of halogens is 1. The van der Waals surface area contributed by atoms with Crippen molar-refractivity contribution in [2.75, 3.05) is 11.8 Å². The van der Waals surface area contributed by atoms with Crippen LogP contribution >= 0.6 is 22.9 Å². The van der Waals surface area contributed by atoms with E-state index in [-0.39, 0.29) is 15.9 Å². The van der Waals surface area contributed by atoms with Crippen molar-refractivity contribution >= 4 is 55.6 Å². The molecule has 2 aromatic heterocycles. The zero-order valence-electron chi connectivity index (χ0n) is 22.1. The molecule has 0 spiro atoms. The topological polar surface area (TPSA) is 128 Å². The number of hydrogen-bond acceptors (Lipinski definition) is 7. The van der Waals surface area contributed by atoms with Gasteiger partial charge in [0.15, 0.2) is 5.82 Å². The first-order chi connectivity index (χ1) is 19.7. The lowest BCUT2D eigenvalue weighted by Gasteiger charge is -2.13. The number of nitrogens with zero attached hydrogens (tertiary/aromatic N) is 2. The number of nitrogens with one attached hydrogen (secondary N) is 2. The number of thiophene rings is 1. The third-order valence-corrected chi connectivity index (χ3v) is 9.49.